The van der Waals surface area contributed by atoms with Crippen molar-refractivity contribution in [1.82, 2.24) is 0 Å². The molecule has 0 unspecified atom stereocenters. The molecule has 0 radical (unpaired) electrons. The quantitative estimate of drug-likeness (QED) is 0.176. The molecule has 0 aromatic heterocycles. The molecule has 2 aliphatic heterocycles. The zero-order valence-corrected chi connectivity index (χ0v) is 26.5. The van der Waals surface area contributed by atoms with E-state index in [2.05, 4.69) is 106 Å². The fourth-order valence-corrected chi connectivity index (χ4v) is 6.64. The summed E-state index contributed by atoms with van der Waals surface area (Å²) in [4.78, 5) is 29.3. The Labute approximate surface area is 265 Å². The Morgan fingerprint density at radius 2 is 1.40 bits per heavy atom. The van der Waals surface area contributed by atoms with Crippen LogP contribution in [0.3, 0.4) is 0 Å². The molecular weight excluding hydrogens is 554 g/mol. The van der Waals surface area contributed by atoms with Gasteiger partial charge in [0.2, 0.25) is 0 Å². The highest BCUT2D eigenvalue weighted by atomic mass is 16.5. The summed E-state index contributed by atoms with van der Waals surface area (Å²) < 4.78 is 6.42. The summed E-state index contributed by atoms with van der Waals surface area (Å²) in [5.74, 6) is 0.831. The number of benzene rings is 4. The molecule has 45 heavy (non-hydrogen) atoms. The van der Waals surface area contributed by atoms with Crippen molar-refractivity contribution >= 4 is 39.8 Å². The predicted molar refractivity (Wildman–Crippen MR) is 183 cm³/mol. The Bertz CT molecular complexity index is 1980. The molecule has 0 N–H and O–H groups in total. The molecular formula is C41H37NO3. The van der Waals surface area contributed by atoms with Crippen molar-refractivity contribution in [2.45, 2.75) is 46.5 Å². The number of fused-ring (bicyclic) bond motifs is 4. The average Bonchev–Trinajstić information content (AvgIpc) is 3.29. The van der Waals surface area contributed by atoms with Crippen LogP contribution in [-0.2, 0) is 10.2 Å². The van der Waals surface area contributed by atoms with Crippen LogP contribution in [-0.4, -0.2) is 18.1 Å². The van der Waals surface area contributed by atoms with E-state index in [1.54, 1.807) is 24.3 Å². The fourth-order valence-electron chi connectivity index (χ4n) is 6.64. The van der Waals surface area contributed by atoms with Gasteiger partial charge >= 0.3 is 0 Å². The van der Waals surface area contributed by atoms with E-state index in [9.17, 15) is 9.59 Å². The number of para-hydroxylation sites is 1. The van der Waals surface area contributed by atoms with Gasteiger partial charge in [-0.15, -0.1) is 0 Å². The molecule has 7 rings (SSSR count). The lowest BCUT2D eigenvalue weighted by molar-refractivity contribution is 0.0987. The second-order valence-electron chi connectivity index (χ2n) is 13.8. The molecule has 3 aliphatic rings. The third-order valence-corrected chi connectivity index (χ3v) is 9.21. The summed E-state index contributed by atoms with van der Waals surface area (Å²) in [6.45, 7) is 11.8. The van der Waals surface area contributed by atoms with Crippen LogP contribution >= 0.6 is 0 Å². The third-order valence-electron chi connectivity index (χ3n) is 9.21. The molecule has 0 spiro atoms. The molecule has 0 atom stereocenters. The summed E-state index contributed by atoms with van der Waals surface area (Å²) in [5.41, 5.74) is 6.24. The van der Waals surface area contributed by atoms with Crippen molar-refractivity contribution in [3.8, 4) is 0 Å². The van der Waals surface area contributed by atoms with Crippen LogP contribution in [0.2, 0.25) is 0 Å². The summed E-state index contributed by atoms with van der Waals surface area (Å²) in [6, 6.07) is 28.6. The monoisotopic (exact) mass is 591 g/mol. The van der Waals surface area contributed by atoms with Gasteiger partial charge in [-0.05, 0) is 70.3 Å². The van der Waals surface area contributed by atoms with E-state index in [0.29, 0.717) is 28.2 Å². The number of Topliss-reactive ketones (excluding diaryl/α,β-unsaturated/α-hetero) is 2. The molecule has 224 valence electrons. The van der Waals surface area contributed by atoms with Crippen LogP contribution in [0.5, 0.6) is 0 Å². The number of ether oxygens (including phenoxy) is 1. The maximum absolute atomic E-state index is 13.4. The van der Waals surface area contributed by atoms with Crippen LogP contribution in [0.25, 0.3) is 16.8 Å². The van der Waals surface area contributed by atoms with E-state index in [1.165, 1.54) is 22.3 Å². The smallest absolute Gasteiger partial charge is 0.198 e. The first-order valence-electron chi connectivity index (χ1n) is 15.6. The van der Waals surface area contributed by atoms with Crippen molar-refractivity contribution in [3.05, 3.63) is 148 Å². The Balaban J connectivity index is 1.36. The topological polar surface area (TPSA) is 46.6 Å². The highest BCUT2D eigenvalue weighted by molar-refractivity contribution is 6.40. The van der Waals surface area contributed by atoms with Crippen LogP contribution in [0.1, 0.15) is 72.9 Å². The molecule has 2 heterocycles. The van der Waals surface area contributed by atoms with E-state index in [4.69, 9.17) is 4.74 Å². The van der Waals surface area contributed by atoms with Crippen molar-refractivity contribution in [2.75, 3.05) is 11.4 Å². The first kappa shape index (κ1) is 28.8. The van der Waals surface area contributed by atoms with E-state index in [0.717, 1.165) is 23.9 Å². The Hall–Kier alpha value is -4.96. The van der Waals surface area contributed by atoms with E-state index < -0.39 is 0 Å². The molecule has 4 aromatic rings. The van der Waals surface area contributed by atoms with Crippen LogP contribution in [0.4, 0.5) is 11.4 Å². The van der Waals surface area contributed by atoms with Gasteiger partial charge in [-0.2, -0.15) is 0 Å². The van der Waals surface area contributed by atoms with E-state index >= 15 is 0 Å². The average molecular weight is 592 g/mol. The number of hydrogen-bond acceptors (Lipinski definition) is 4. The molecule has 0 amide bonds. The maximum Gasteiger partial charge on any atom is 0.198 e. The zero-order chi connectivity index (χ0) is 31.5. The molecule has 1 aliphatic carbocycles. The second kappa shape index (κ2) is 10.6. The van der Waals surface area contributed by atoms with Crippen LogP contribution < -0.4 is 4.90 Å². The Kier molecular flexibility index (Phi) is 6.77. The second-order valence-corrected chi connectivity index (χ2v) is 13.8. The molecule has 4 nitrogen and oxygen atoms in total. The van der Waals surface area contributed by atoms with Gasteiger partial charge in [-0.25, -0.2) is 0 Å². The summed E-state index contributed by atoms with van der Waals surface area (Å²) in [6.07, 6.45) is 8.78. The minimum Gasteiger partial charge on any atom is -0.461 e. The number of hydrogen-bond donors (Lipinski definition) is 0. The van der Waals surface area contributed by atoms with Crippen LogP contribution in [0.15, 0.2) is 126 Å². The van der Waals surface area contributed by atoms with Crippen molar-refractivity contribution in [2.24, 2.45) is 5.41 Å². The van der Waals surface area contributed by atoms with Gasteiger partial charge in [0.25, 0.3) is 0 Å². The number of carbonyl (C=O) groups is 2. The lowest BCUT2D eigenvalue weighted by atomic mass is 9.75. The van der Waals surface area contributed by atoms with Gasteiger partial charge in [0.05, 0.1) is 11.3 Å². The van der Waals surface area contributed by atoms with Crippen molar-refractivity contribution < 1.29 is 14.3 Å². The van der Waals surface area contributed by atoms with Gasteiger partial charge in [0.1, 0.15) is 11.5 Å². The highest BCUT2D eigenvalue weighted by Crippen LogP contribution is 2.48. The lowest BCUT2D eigenvalue weighted by Crippen LogP contribution is -2.34. The Morgan fingerprint density at radius 1 is 0.778 bits per heavy atom. The largest absolute Gasteiger partial charge is 0.461 e. The fraction of sp³-hybridized carbons (Fsp3) is 0.220. The van der Waals surface area contributed by atoms with Crippen molar-refractivity contribution in [3.63, 3.8) is 0 Å². The third kappa shape index (κ3) is 4.95. The van der Waals surface area contributed by atoms with E-state index in [1.807, 2.05) is 18.2 Å². The van der Waals surface area contributed by atoms with Gasteiger partial charge < -0.3 is 9.64 Å². The van der Waals surface area contributed by atoms with Gasteiger partial charge in [0.15, 0.2) is 11.6 Å². The first-order chi connectivity index (χ1) is 21.5. The highest BCUT2D eigenvalue weighted by Gasteiger charge is 2.36. The molecule has 0 saturated carbocycles. The summed E-state index contributed by atoms with van der Waals surface area (Å²) in [7, 11) is 0. The number of carbonyl (C=O) groups excluding carboxylic acids is 2. The molecule has 4 aromatic carbocycles. The Morgan fingerprint density at radius 3 is 2.07 bits per heavy atom. The minimum atomic E-state index is -0.333. The van der Waals surface area contributed by atoms with Gasteiger partial charge in [0, 0.05) is 34.2 Å². The number of rotatable bonds is 3. The lowest BCUT2D eigenvalue weighted by Gasteiger charge is -2.41. The normalized spacial score (nSPS) is 17.8. The number of anilines is 2. The number of nitrogens with zero attached hydrogens (tertiary/aromatic N) is 1. The van der Waals surface area contributed by atoms with Gasteiger partial charge in [-0.1, -0.05) is 107 Å². The molecule has 0 fully saturated rings. The standard InChI is InChI=1S/C41H37NO3/c1-40(2,3)35-25-27(36-38(43)32-17-11-12-18-33(32)39(36)44)23-29(45-35)20-19-26-24-34-37(31-16-10-9-15-30(26)31)42(22-21-41(34,4)5)28-13-7-6-8-14-28/h6-20,23-25H,21-22H2,1-5H3/b20-19+. The first-order valence-corrected chi connectivity index (χ1v) is 15.6. The molecule has 4 heteroatoms. The summed E-state index contributed by atoms with van der Waals surface area (Å²) in [5, 5.41) is 2.37. The van der Waals surface area contributed by atoms with Crippen LogP contribution in [0, 0.1) is 5.41 Å². The SMILES string of the molecule is CC(C)(C)C1=CC(=C2C(=O)c3ccccc3C2=O)C=C(/C=C/c2cc3c(c4ccccc24)N(c2ccccc2)CCC3(C)C)O1. The maximum atomic E-state index is 13.4. The summed E-state index contributed by atoms with van der Waals surface area (Å²) >= 11 is 0. The molecule has 0 bridgehead atoms. The minimum absolute atomic E-state index is 0.00816. The number of allylic oxidation sites excluding steroid dienone is 6. The zero-order valence-electron chi connectivity index (χ0n) is 26.5. The molecule has 0 saturated heterocycles. The predicted octanol–water partition coefficient (Wildman–Crippen LogP) is 9.89. The van der Waals surface area contributed by atoms with Crippen molar-refractivity contribution in [1.29, 1.82) is 0 Å². The van der Waals surface area contributed by atoms with E-state index in [-0.39, 0.29) is 28.0 Å². The number of ketones is 2. The van der Waals surface area contributed by atoms with Gasteiger partial charge in [-0.3, -0.25) is 9.59 Å².